The van der Waals surface area contributed by atoms with Gasteiger partial charge in [0.25, 0.3) is 0 Å². The molecule has 21 heavy (non-hydrogen) atoms. The minimum atomic E-state index is -0.498. The van der Waals surface area contributed by atoms with E-state index < -0.39 is 17.3 Å². The summed E-state index contributed by atoms with van der Waals surface area (Å²) in [5, 5.41) is 2.75. The molecule has 1 heterocycles. The third-order valence-corrected chi connectivity index (χ3v) is 2.87. The maximum atomic E-state index is 11.9. The smallest absolute Gasteiger partial charge is 0.410 e. The normalized spacial score (nSPS) is 19.3. The van der Waals surface area contributed by atoms with Crippen LogP contribution in [0.3, 0.4) is 0 Å². The molecule has 1 atom stereocenters. The lowest BCUT2D eigenvalue weighted by molar-refractivity contribution is 0.0288. The first-order valence-corrected chi connectivity index (χ1v) is 7.41. The van der Waals surface area contributed by atoms with Gasteiger partial charge in [0.05, 0.1) is 0 Å². The van der Waals surface area contributed by atoms with E-state index in [1.165, 1.54) is 0 Å². The zero-order valence-corrected chi connectivity index (χ0v) is 14.0. The van der Waals surface area contributed by atoms with Gasteiger partial charge in [0.2, 0.25) is 0 Å². The van der Waals surface area contributed by atoms with E-state index in [1.54, 1.807) is 4.90 Å². The Bertz CT molecular complexity index is 382. The second-order valence-electron chi connectivity index (χ2n) is 7.46. The highest BCUT2D eigenvalue weighted by Crippen LogP contribution is 2.19. The zero-order chi connectivity index (χ0) is 16.3. The summed E-state index contributed by atoms with van der Waals surface area (Å²) < 4.78 is 10.5. The van der Waals surface area contributed by atoms with Crippen molar-refractivity contribution >= 4 is 12.2 Å². The Balaban J connectivity index is 2.32. The van der Waals surface area contributed by atoms with Crippen LogP contribution in [0.5, 0.6) is 0 Å². The Labute approximate surface area is 127 Å². The molecule has 6 nitrogen and oxygen atoms in total. The first kappa shape index (κ1) is 17.6. The number of nitrogens with one attached hydrogen (secondary N) is 1. The van der Waals surface area contributed by atoms with Gasteiger partial charge in [-0.25, -0.2) is 9.59 Å². The summed E-state index contributed by atoms with van der Waals surface area (Å²) in [4.78, 5) is 25.2. The third kappa shape index (κ3) is 7.20. The maximum Gasteiger partial charge on any atom is 0.410 e. The molecular formula is C15H28N2O4. The fourth-order valence-corrected chi connectivity index (χ4v) is 2.03. The molecule has 1 saturated heterocycles. The van der Waals surface area contributed by atoms with Crippen LogP contribution >= 0.6 is 0 Å². The van der Waals surface area contributed by atoms with Crippen LogP contribution in [0.1, 0.15) is 48.0 Å². The van der Waals surface area contributed by atoms with Gasteiger partial charge < -0.3 is 19.7 Å². The Morgan fingerprint density at radius 1 is 1.10 bits per heavy atom. The van der Waals surface area contributed by atoms with Crippen LogP contribution in [0.4, 0.5) is 9.59 Å². The summed E-state index contributed by atoms with van der Waals surface area (Å²) in [7, 11) is 0. The molecule has 1 aliphatic heterocycles. The third-order valence-electron chi connectivity index (χ3n) is 2.87. The van der Waals surface area contributed by atoms with Gasteiger partial charge >= 0.3 is 12.2 Å². The lowest BCUT2D eigenvalue weighted by Gasteiger charge is -2.24. The fourth-order valence-electron chi connectivity index (χ4n) is 2.03. The summed E-state index contributed by atoms with van der Waals surface area (Å²) in [6, 6.07) is 0. The topological polar surface area (TPSA) is 67.9 Å². The SMILES string of the molecule is CC(C)(C)OC(=O)NC[C@@H]1CCN(C(=O)OC(C)(C)C)C1. The number of hydrogen-bond acceptors (Lipinski definition) is 4. The molecule has 0 aliphatic carbocycles. The Hall–Kier alpha value is -1.46. The first-order chi connectivity index (χ1) is 9.46. The molecule has 1 N–H and O–H groups in total. The van der Waals surface area contributed by atoms with Crippen molar-refractivity contribution in [3.05, 3.63) is 0 Å². The Morgan fingerprint density at radius 2 is 1.67 bits per heavy atom. The molecule has 122 valence electrons. The summed E-state index contributed by atoms with van der Waals surface area (Å²) in [6.07, 6.45) is 0.148. The maximum absolute atomic E-state index is 11.9. The van der Waals surface area contributed by atoms with Gasteiger partial charge in [-0.1, -0.05) is 0 Å². The van der Waals surface area contributed by atoms with Crippen molar-refractivity contribution in [1.29, 1.82) is 0 Å². The number of carbonyl (C=O) groups is 2. The highest BCUT2D eigenvalue weighted by Gasteiger charge is 2.30. The highest BCUT2D eigenvalue weighted by atomic mass is 16.6. The van der Waals surface area contributed by atoms with Gasteiger partial charge in [0, 0.05) is 19.6 Å². The van der Waals surface area contributed by atoms with Crippen molar-refractivity contribution in [3.8, 4) is 0 Å². The van der Waals surface area contributed by atoms with Gasteiger partial charge in [0.15, 0.2) is 0 Å². The van der Waals surface area contributed by atoms with Crippen LogP contribution in [-0.4, -0.2) is 47.9 Å². The Kier molecular flexibility index (Phi) is 5.48. The van der Waals surface area contributed by atoms with Crippen LogP contribution < -0.4 is 5.32 Å². The van der Waals surface area contributed by atoms with E-state index in [4.69, 9.17) is 9.47 Å². The summed E-state index contributed by atoms with van der Waals surface area (Å²) in [5.41, 5.74) is -0.980. The summed E-state index contributed by atoms with van der Waals surface area (Å²) >= 11 is 0. The number of hydrogen-bond donors (Lipinski definition) is 1. The van der Waals surface area contributed by atoms with E-state index in [9.17, 15) is 9.59 Å². The van der Waals surface area contributed by atoms with Crippen LogP contribution in [0.25, 0.3) is 0 Å². The fraction of sp³-hybridized carbons (Fsp3) is 0.867. The number of alkyl carbamates (subject to hydrolysis) is 1. The molecule has 0 aromatic heterocycles. The van der Waals surface area contributed by atoms with Crippen LogP contribution in [0.2, 0.25) is 0 Å². The number of carbonyl (C=O) groups excluding carboxylic acids is 2. The van der Waals surface area contributed by atoms with E-state index in [-0.39, 0.29) is 12.0 Å². The van der Waals surface area contributed by atoms with Crippen molar-refractivity contribution in [2.45, 2.75) is 59.2 Å². The molecule has 6 heteroatoms. The summed E-state index contributed by atoms with van der Waals surface area (Å²) in [5.74, 6) is 0.241. The zero-order valence-electron chi connectivity index (χ0n) is 14.0. The predicted molar refractivity (Wildman–Crippen MR) is 80.2 cm³/mol. The highest BCUT2D eigenvalue weighted by molar-refractivity contribution is 5.69. The van der Waals surface area contributed by atoms with Gasteiger partial charge in [-0.15, -0.1) is 0 Å². The number of likely N-dealkylation sites (tertiary alicyclic amines) is 1. The summed E-state index contributed by atoms with van der Waals surface area (Å²) in [6.45, 7) is 12.8. The van der Waals surface area contributed by atoms with Gasteiger partial charge in [-0.3, -0.25) is 0 Å². The second-order valence-corrected chi connectivity index (χ2v) is 7.46. The molecule has 1 rings (SSSR count). The minimum Gasteiger partial charge on any atom is -0.444 e. The van der Waals surface area contributed by atoms with E-state index >= 15 is 0 Å². The van der Waals surface area contributed by atoms with Gasteiger partial charge in [-0.2, -0.15) is 0 Å². The molecule has 2 amide bonds. The lowest BCUT2D eigenvalue weighted by Crippen LogP contribution is -2.38. The van der Waals surface area contributed by atoms with Crippen molar-refractivity contribution in [3.63, 3.8) is 0 Å². The molecule has 0 aromatic rings. The van der Waals surface area contributed by atoms with Gasteiger partial charge in [0.1, 0.15) is 11.2 Å². The van der Waals surface area contributed by atoms with E-state index in [1.807, 2.05) is 41.5 Å². The van der Waals surface area contributed by atoms with Crippen LogP contribution in [0.15, 0.2) is 0 Å². The molecule has 0 bridgehead atoms. The van der Waals surface area contributed by atoms with Crippen molar-refractivity contribution in [2.24, 2.45) is 5.92 Å². The van der Waals surface area contributed by atoms with E-state index in [0.29, 0.717) is 19.6 Å². The van der Waals surface area contributed by atoms with E-state index in [0.717, 1.165) is 6.42 Å². The van der Waals surface area contributed by atoms with Crippen molar-refractivity contribution < 1.29 is 19.1 Å². The number of nitrogens with zero attached hydrogens (tertiary/aromatic N) is 1. The molecule has 1 fully saturated rings. The second kappa shape index (κ2) is 6.54. The molecule has 0 aromatic carbocycles. The predicted octanol–water partition coefficient (Wildman–Crippen LogP) is 2.77. The standard InChI is InChI=1S/C15H28N2O4/c1-14(2,3)20-12(18)16-9-11-7-8-17(10-11)13(19)21-15(4,5)6/h11H,7-10H2,1-6H3,(H,16,18)/t11-/m0/s1. The van der Waals surface area contributed by atoms with Crippen LogP contribution in [0, 0.1) is 5.92 Å². The molecule has 0 radical (unpaired) electrons. The Morgan fingerprint density at radius 3 is 2.19 bits per heavy atom. The molecule has 0 spiro atoms. The van der Waals surface area contributed by atoms with E-state index in [2.05, 4.69) is 5.32 Å². The molecule has 0 saturated carbocycles. The van der Waals surface area contributed by atoms with Crippen LogP contribution in [-0.2, 0) is 9.47 Å². The first-order valence-electron chi connectivity index (χ1n) is 7.41. The molecule has 1 aliphatic rings. The van der Waals surface area contributed by atoms with Crippen molar-refractivity contribution in [1.82, 2.24) is 10.2 Å². The monoisotopic (exact) mass is 300 g/mol. The lowest BCUT2D eigenvalue weighted by atomic mass is 10.1. The average Bonchev–Trinajstić information content (AvgIpc) is 2.70. The number of rotatable bonds is 2. The quantitative estimate of drug-likeness (QED) is 0.851. The molecular weight excluding hydrogens is 272 g/mol. The largest absolute Gasteiger partial charge is 0.444 e. The molecule has 0 unspecified atom stereocenters. The van der Waals surface area contributed by atoms with Crippen molar-refractivity contribution in [2.75, 3.05) is 19.6 Å². The average molecular weight is 300 g/mol. The van der Waals surface area contributed by atoms with Gasteiger partial charge in [-0.05, 0) is 53.9 Å². The minimum absolute atomic E-state index is 0.241. The number of ether oxygens (including phenoxy) is 2. The number of amides is 2.